The molecule has 1 aliphatic heterocycles. The summed E-state index contributed by atoms with van der Waals surface area (Å²) >= 11 is 0. The molecule has 1 aromatic rings. The highest BCUT2D eigenvalue weighted by molar-refractivity contribution is 5.68. The summed E-state index contributed by atoms with van der Waals surface area (Å²) in [5, 5.41) is 17.1. The smallest absolute Gasteiger partial charge is 0.305 e. The van der Waals surface area contributed by atoms with E-state index in [1.54, 1.807) is 0 Å². The molecule has 6 heteroatoms. The first-order valence-corrected chi connectivity index (χ1v) is 6.24. The van der Waals surface area contributed by atoms with Crippen LogP contribution in [0.5, 0.6) is 0 Å². The van der Waals surface area contributed by atoms with Crippen molar-refractivity contribution < 1.29 is 9.90 Å². The third kappa shape index (κ3) is 2.75. The van der Waals surface area contributed by atoms with Crippen LogP contribution in [0, 0.1) is 13.8 Å². The van der Waals surface area contributed by atoms with Crippen molar-refractivity contribution >= 4 is 11.9 Å². The van der Waals surface area contributed by atoms with Gasteiger partial charge in [0.25, 0.3) is 0 Å². The largest absolute Gasteiger partial charge is 0.481 e. The van der Waals surface area contributed by atoms with Crippen molar-refractivity contribution in [3.05, 3.63) is 11.4 Å². The predicted molar refractivity (Wildman–Crippen MR) is 66.5 cm³/mol. The molecule has 1 N–H and O–H groups in total. The number of nitrogens with zero attached hydrogens (tertiary/aromatic N) is 4. The monoisotopic (exact) mass is 250 g/mol. The highest BCUT2D eigenvalue weighted by atomic mass is 16.4. The van der Waals surface area contributed by atoms with Crippen molar-refractivity contribution in [1.82, 2.24) is 15.2 Å². The Bertz CT molecular complexity index is 450. The third-order valence-corrected chi connectivity index (χ3v) is 3.38. The summed E-state index contributed by atoms with van der Waals surface area (Å²) in [6.45, 7) is 4.57. The van der Waals surface area contributed by atoms with Crippen LogP contribution in [0.15, 0.2) is 0 Å². The number of hydrogen-bond acceptors (Lipinski definition) is 5. The molecule has 98 valence electrons. The molecule has 0 aromatic carbocycles. The summed E-state index contributed by atoms with van der Waals surface area (Å²) in [6, 6.07) is -0.0137. The van der Waals surface area contributed by atoms with Gasteiger partial charge in [0, 0.05) is 12.6 Å². The molecule has 0 amide bonds. The van der Waals surface area contributed by atoms with Crippen LogP contribution >= 0.6 is 0 Å². The van der Waals surface area contributed by atoms with Gasteiger partial charge < -0.3 is 10.0 Å². The third-order valence-electron chi connectivity index (χ3n) is 3.38. The number of rotatable bonds is 3. The molecular weight excluding hydrogens is 232 g/mol. The maximum absolute atomic E-state index is 10.9. The van der Waals surface area contributed by atoms with Gasteiger partial charge in [-0.25, -0.2) is 4.98 Å². The van der Waals surface area contributed by atoms with Crippen LogP contribution < -0.4 is 4.90 Å². The van der Waals surface area contributed by atoms with Crippen molar-refractivity contribution in [1.29, 1.82) is 0 Å². The number of aliphatic carboxylic acids is 1. The zero-order valence-corrected chi connectivity index (χ0v) is 10.8. The van der Waals surface area contributed by atoms with Crippen molar-refractivity contribution in [2.75, 3.05) is 11.4 Å². The number of carboxylic acids is 1. The molecule has 6 nitrogen and oxygen atoms in total. The summed E-state index contributed by atoms with van der Waals surface area (Å²) in [7, 11) is 0. The highest BCUT2D eigenvalue weighted by Crippen LogP contribution is 2.23. The lowest BCUT2D eigenvalue weighted by Crippen LogP contribution is -2.42. The fourth-order valence-corrected chi connectivity index (χ4v) is 2.24. The van der Waals surface area contributed by atoms with Crippen LogP contribution in [0.4, 0.5) is 5.95 Å². The summed E-state index contributed by atoms with van der Waals surface area (Å²) in [5.74, 6) is -0.215. The van der Waals surface area contributed by atoms with Crippen molar-refractivity contribution in [3.8, 4) is 0 Å². The Balaban J connectivity index is 2.22. The van der Waals surface area contributed by atoms with Gasteiger partial charge in [0.1, 0.15) is 0 Å². The predicted octanol–water partition coefficient (Wildman–Crippen LogP) is 1.32. The van der Waals surface area contributed by atoms with E-state index in [2.05, 4.69) is 15.2 Å². The van der Waals surface area contributed by atoms with Crippen LogP contribution in [0.3, 0.4) is 0 Å². The molecule has 1 aliphatic rings. The molecule has 1 atom stereocenters. The Morgan fingerprint density at radius 2 is 2.11 bits per heavy atom. The number of carboxylic acid groups (broad SMARTS) is 1. The van der Waals surface area contributed by atoms with E-state index in [4.69, 9.17) is 5.11 Å². The van der Waals surface area contributed by atoms with Gasteiger partial charge in [0.2, 0.25) is 5.95 Å². The van der Waals surface area contributed by atoms with Crippen molar-refractivity contribution in [2.24, 2.45) is 0 Å². The maximum Gasteiger partial charge on any atom is 0.305 e. The molecule has 0 radical (unpaired) electrons. The van der Waals surface area contributed by atoms with Crippen LogP contribution in [0.2, 0.25) is 0 Å². The van der Waals surface area contributed by atoms with E-state index in [-0.39, 0.29) is 12.5 Å². The molecule has 18 heavy (non-hydrogen) atoms. The van der Waals surface area contributed by atoms with Crippen LogP contribution in [0.1, 0.15) is 37.1 Å². The van der Waals surface area contributed by atoms with Gasteiger partial charge >= 0.3 is 5.97 Å². The Morgan fingerprint density at radius 3 is 2.78 bits per heavy atom. The molecule has 1 unspecified atom stereocenters. The second-order valence-corrected chi connectivity index (χ2v) is 4.72. The van der Waals surface area contributed by atoms with E-state index in [0.29, 0.717) is 5.95 Å². The SMILES string of the molecule is Cc1nnc(N2CCCCC2CC(=O)O)nc1C. The number of anilines is 1. The Hall–Kier alpha value is -1.72. The summed E-state index contributed by atoms with van der Waals surface area (Å²) in [5.41, 5.74) is 1.66. The molecule has 0 bridgehead atoms. The van der Waals surface area contributed by atoms with Gasteiger partial charge in [-0.1, -0.05) is 0 Å². The summed E-state index contributed by atoms with van der Waals surface area (Å²) < 4.78 is 0. The van der Waals surface area contributed by atoms with Gasteiger partial charge in [0.15, 0.2) is 0 Å². The molecule has 2 rings (SSSR count). The van der Waals surface area contributed by atoms with Crippen LogP contribution in [0.25, 0.3) is 0 Å². The van der Waals surface area contributed by atoms with Crippen molar-refractivity contribution in [3.63, 3.8) is 0 Å². The van der Waals surface area contributed by atoms with E-state index in [1.807, 2.05) is 18.7 Å². The van der Waals surface area contributed by atoms with E-state index in [9.17, 15) is 4.79 Å². The molecule has 0 saturated carbocycles. The second kappa shape index (κ2) is 5.29. The molecule has 1 fully saturated rings. The first-order chi connectivity index (χ1) is 8.58. The molecule has 2 heterocycles. The number of aryl methyl sites for hydroxylation is 2. The minimum absolute atomic E-state index is 0.0137. The lowest BCUT2D eigenvalue weighted by Gasteiger charge is -2.34. The molecule has 1 aromatic heterocycles. The first kappa shape index (κ1) is 12.7. The standard InChI is InChI=1S/C12H18N4O2/c1-8-9(2)14-15-12(13-8)16-6-4-3-5-10(16)7-11(17)18/h10H,3-7H2,1-2H3,(H,17,18). The normalized spacial score (nSPS) is 19.9. The Labute approximate surface area is 106 Å². The molecule has 1 saturated heterocycles. The van der Waals surface area contributed by atoms with E-state index >= 15 is 0 Å². The van der Waals surface area contributed by atoms with E-state index in [1.165, 1.54) is 0 Å². The van der Waals surface area contributed by atoms with Crippen molar-refractivity contribution in [2.45, 2.75) is 45.6 Å². The molecular formula is C12H18N4O2. The lowest BCUT2D eigenvalue weighted by molar-refractivity contribution is -0.137. The number of carbonyl (C=O) groups is 1. The minimum Gasteiger partial charge on any atom is -0.481 e. The van der Waals surface area contributed by atoms with Gasteiger partial charge in [0.05, 0.1) is 17.8 Å². The van der Waals surface area contributed by atoms with Crippen LogP contribution in [-0.4, -0.2) is 38.8 Å². The number of hydrogen-bond donors (Lipinski definition) is 1. The fraction of sp³-hybridized carbons (Fsp3) is 0.667. The molecule has 0 aliphatic carbocycles. The second-order valence-electron chi connectivity index (χ2n) is 4.72. The molecule has 0 spiro atoms. The maximum atomic E-state index is 10.9. The summed E-state index contributed by atoms with van der Waals surface area (Å²) in [6.07, 6.45) is 3.12. The van der Waals surface area contributed by atoms with E-state index < -0.39 is 5.97 Å². The zero-order chi connectivity index (χ0) is 13.1. The first-order valence-electron chi connectivity index (χ1n) is 6.24. The number of aromatic nitrogens is 3. The van der Waals surface area contributed by atoms with Gasteiger partial charge in [-0.15, -0.1) is 5.10 Å². The van der Waals surface area contributed by atoms with E-state index in [0.717, 1.165) is 37.2 Å². The topological polar surface area (TPSA) is 79.2 Å². The zero-order valence-electron chi connectivity index (χ0n) is 10.8. The minimum atomic E-state index is -0.774. The average molecular weight is 250 g/mol. The lowest BCUT2D eigenvalue weighted by atomic mass is 10.00. The average Bonchev–Trinajstić information content (AvgIpc) is 2.33. The fourth-order valence-electron chi connectivity index (χ4n) is 2.24. The Morgan fingerprint density at radius 1 is 1.33 bits per heavy atom. The van der Waals surface area contributed by atoms with Gasteiger partial charge in [-0.2, -0.15) is 5.10 Å². The number of piperidine rings is 1. The summed E-state index contributed by atoms with van der Waals surface area (Å²) in [4.78, 5) is 17.3. The van der Waals surface area contributed by atoms with Gasteiger partial charge in [-0.3, -0.25) is 4.79 Å². The van der Waals surface area contributed by atoms with Crippen LogP contribution in [-0.2, 0) is 4.79 Å². The van der Waals surface area contributed by atoms with Gasteiger partial charge in [-0.05, 0) is 33.1 Å². The Kier molecular flexibility index (Phi) is 3.74. The quantitative estimate of drug-likeness (QED) is 0.871. The highest BCUT2D eigenvalue weighted by Gasteiger charge is 2.27.